The van der Waals surface area contributed by atoms with E-state index in [0.29, 0.717) is 21.1 Å². The quantitative estimate of drug-likeness (QED) is 0.311. The molecule has 1 heterocycles. The van der Waals surface area contributed by atoms with Crippen LogP contribution in [-0.2, 0) is 4.74 Å². The zero-order valence-electron chi connectivity index (χ0n) is 16.6. The fraction of sp³-hybridized carbons (Fsp3) is 0.0455. The molecule has 9 heteroatoms. The van der Waals surface area contributed by atoms with E-state index in [1.165, 1.54) is 49.8 Å². The molecule has 0 spiro atoms. The maximum absolute atomic E-state index is 13.2. The number of nitrogens with zero attached hydrogens (tertiary/aromatic N) is 2. The van der Waals surface area contributed by atoms with Gasteiger partial charge in [0.05, 0.1) is 10.7 Å². The Morgan fingerprint density at radius 1 is 1.16 bits per heavy atom. The van der Waals surface area contributed by atoms with Crippen molar-refractivity contribution in [2.24, 2.45) is 11.5 Å². The second kappa shape index (κ2) is 11.1. The number of halogens is 2. The number of hydrogen-bond donors (Lipinski definition) is 2. The largest absolute Gasteiger partial charge is 0.448 e. The summed E-state index contributed by atoms with van der Waals surface area (Å²) in [6.07, 6.45) is 7.25. The zero-order chi connectivity index (χ0) is 23.0. The smallest absolute Gasteiger partial charge is 0.196 e. The predicted octanol–water partition coefficient (Wildman–Crippen LogP) is 4.93. The lowest BCUT2D eigenvalue weighted by Gasteiger charge is -2.15. The standard InChI is InChI=1S/C22H20ClFN4O2S/c1-13(4-7-18(23)10-25)31-22(30-15(3)16-5-8-19(24)9-6-16)20(26)17-11-27-21(14(2)29)28-12-17/h4-12H,1,3,25-26H2,2H3/b7-4-,18-10+,22-20+. The van der Waals surface area contributed by atoms with Gasteiger partial charge in [-0.15, -0.1) is 0 Å². The Kier molecular flexibility index (Phi) is 8.60. The summed E-state index contributed by atoms with van der Waals surface area (Å²) in [5.74, 6) is -0.346. The van der Waals surface area contributed by atoms with Crippen molar-refractivity contribution >= 4 is 40.6 Å². The van der Waals surface area contributed by atoms with Crippen molar-refractivity contribution in [2.45, 2.75) is 6.92 Å². The van der Waals surface area contributed by atoms with E-state index in [2.05, 4.69) is 23.1 Å². The predicted molar refractivity (Wildman–Crippen MR) is 124 cm³/mol. The Morgan fingerprint density at radius 2 is 1.77 bits per heavy atom. The third kappa shape index (κ3) is 7.13. The summed E-state index contributed by atoms with van der Waals surface area (Å²) in [6, 6.07) is 5.64. The monoisotopic (exact) mass is 458 g/mol. The van der Waals surface area contributed by atoms with E-state index in [1.54, 1.807) is 12.2 Å². The number of ketones is 1. The van der Waals surface area contributed by atoms with Crippen LogP contribution in [0, 0.1) is 5.82 Å². The molecule has 1 aromatic heterocycles. The number of Topliss-reactive ketones (excluding diaryl/α,β-unsaturated/α-hetero) is 1. The van der Waals surface area contributed by atoms with Crippen LogP contribution in [0.15, 0.2) is 83.2 Å². The number of benzene rings is 1. The van der Waals surface area contributed by atoms with Crippen molar-refractivity contribution in [3.05, 3.63) is 106 Å². The third-order valence-corrected chi connectivity index (χ3v) is 4.83. The summed E-state index contributed by atoms with van der Waals surface area (Å²) >= 11 is 6.97. The van der Waals surface area contributed by atoms with Gasteiger partial charge in [0.2, 0.25) is 0 Å². The maximum atomic E-state index is 13.2. The SMILES string of the molecule is C=C(/C=C\C(Cl)=C/N)S/C(OC(=C)c1ccc(F)cc1)=C(/N)c1cnc(C(C)=O)nc1. The minimum absolute atomic E-state index is 0.0675. The lowest BCUT2D eigenvalue weighted by molar-refractivity contribution is 0.100. The van der Waals surface area contributed by atoms with Crippen LogP contribution in [0.5, 0.6) is 0 Å². The topological polar surface area (TPSA) is 104 Å². The average Bonchev–Trinajstić information content (AvgIpc) is 2.76. The number of rotatable bonds is 9. The van der Waals surface area contributed by atoms with Crippen LogP contribution in [0.4, 0.5) is 4.39 Å². The Balaban J connectivity index is 2.37. The molecule has 31 heavy (non-hydrogen) atoms. The molecule has 6 nitrogen and oxygen atoms in total. The molecule has 0 saturated carbocycles. The van der Waals surface area contributed by atoms with Gasteiger partial charge < -0.3 is 16.2 Å². The van der Waals surface area contributed by atoms with E-state index >= 15 is 0 Å². The van der Waals surface area contributed by atoms with Gasteiger partial charge in [-0.25, -0.2) is 14.4 Å². The van der Waals surface area contributed by atoms with Crippen LogP contribution >= 0.6 is 23.4 Å². The molecule has 0 radical (unpaired) electrons. The average molecular weight is 459 g/mol. The van der Waals surface area contributed by atoms with Gasteiger partial charge in [0, 0.05) is 41.5 Å². The second-order valence-corrected chi connectivity index (χ2v) is 7.57. The highest BCUT2D eigenvalue weighted by Crippen LogP contribution is 2.34. The molecule has 2 rings (SSSR count). The van der Waals surface area contributed by atoms with Crippen molar-refractivity contribution in [3.8, 4) is 0 Å². The van der Waals surface area contributed by atoms with Crippen molar-refractivity contribution in [1.82, 2.24) is 9.97 Å². The van der Waals surface area contributed by atoms with Gasteiger partial charge in [-0.2, -0.15) is 0 Å². The first kappa shape index (κ1) is 23.9. The summed E-state index contributed by atoms with van der Waals surface area (Å²) in [5.41, 5.74) is 12.8. The molecule has 0 aliphatic rings. The highest BCUT2D eigenvalue weighted by Gasteiger charge is 2.14. The molecule has 1 aromatic carbocycles. The lowest BCUT2D eigenvalue weighted by atomic mass is 10.2. The van der Waals surface area contributed by atoms with Gasteiger partial charge in [0.15, 0.2) is 16.7 Å². The van der Waals surface area contributed by atoms with Gasteiger partial charge in [-0.3, -0.25) is 4.79 Å². The van der Waals surface area contributed by atoms with Gasteiger partial charge in [0.1, 0.15) is 11.6 Å². The highest BCUT2D eigenvalue weighted by atomic mass is 35.5. The zero-order valence-corrected chi connectivity index (χ0v) is 18.2. The van der Waals surface area contributed by atoms with E-state index < -0.39 is 0 Å². The van der Waals surface area contributed by atoms with E-state index in [9.17, 15) is 9.18 Å². The summed E-state index contributed by atoms with van der Waals surface area (Å²) in [5, 5.41) is 0.557. The normalized spacial score (nSPS) is 12.4. The first-order chi connectivity index (χ1) is 14.7. The Hall–Kier alpha value is -3.36. The number of nitrogens with two attached hydrogens (primary N) is 2. The molecule has 0 fully saturated rings. The molecular weight excluding hydrogens is 439 g/mol. The molecule has 160 valence electrons. The summed E-state index contributed by atoms with van der Waals surface area (Å²) in [4.78, 5) is 19.9. The summed E-state index contributed by atoms with van der Waals surface area (Å²) in [6.45, 7) is 9.18. The van der Waals surface area contributed by atoms with E-state index in [-0.39, 0.29) is 34.0 Å². The van der Waals surface area contributed by atoms with Crippen LogP contribution in [-0.4, -0.2) is 15.8 Å². The number of ether oxygens (including phenoxy) is 1. The molecule has 0 bridgehead atoms. The Bertz CT molecular complexity index is 1080. The molecule has 0 unspecified atom stereocenters. The number of allylic oxidation sites excluding steroid dienone is 3. The van der Waals surface area contributed by atoms with Crippen LogP contribution in [0.3, 0.4) is 0 Å². The van der Waals surface area contributed by atoms with Gasteiger partial charge in [-0.1, -0.05) is 36.5 Å². The van der Waals surface area contributed by atoms with E-state index in [1.807, 2.05) is 0 Å². The first-order valence-electron chi connectivity index (χ1n) is 8.79. The molecule has 2 aromatic rings. The minimum atomic E-state index is -0.382. The molecular formula is C22H20ClFN4O2S. The molecule has 0 atom stereocenters. The third-order valence-electron chi connectivity index (χ3n) is 3.69. The number of carbonyl (C=O) groups is 1. The summed E-state index contributed by atoms with van der Waals surface area (Å²) < 4.78 is 19.1. The van der Waals surface area contributed by atoms with Crippen LogP contribution in [0.2, 0.25) is 0 Å². The Labute approximate surface area is 188 Å². The van der Waals surface area contributed by atoms with Gasteiger partial charge in [-0.05, 0) is 36.4 Å². The fourth-order valence-electron chi connectivity index (χ4n) is 2.09. The van der Waals surface area contributed by atoms with Crippen molar-refractivity contribution in [2.75, 3.05) is 0 Å². The van der Waals surface area contributed by atoms with Gasteiger partial charge >= 0.3 is 0 Å². The van der Waals surface area contributed by atoms with E-state index in [4.69, 9.17) is 27.8 Å². The van der Waals surface area contributed by atoms with E-state index in [0.717, 1.165) is 11.8 Å². The lowest BCUT2D eigenvalue weighted by Crippen LogP contribution is -2.07. The van der Waals surface area contributed by atoms with Crippen molar-refractivity contribution in [1.29, 1.82) is 0 Å². The fourth-order valence-corrected chi connectivity index (χ4v) is 2.89. The van der Waals surface area contributed by atoms with Crippen LogP contribution < -0.4 is 11.5 Å². The maximum Gasteiger partial charge on any atom is 0.196 e. The second-order valence-electron chi connectivity index (χ2n) is 6.04. The molecule has 0 aliphatic heterocycles. The molecule has 0 saturated heterocycles. The highest BCUT2D eigenvalue weighted by molar-refractivity contribution is 8.06. The van der Waals surface area contributed by atoms with Gasteiger partial charge in [0.25, 0.3) is 0 Å². The number of carbonyl (C=O) groups excluding carboxylic acids is 1. The molecule has 0 amide bonds. The summed E-state index contributed by atoms with van der Waals surface area (Å²) in [7, 11) is 0. The molecule has 0 aliphatic carbocycles. The van der Waals surface area contributed by atoms with Crippen molar-refractivity contribution < 1.29 is 13.9 Å². The number of hydrogen-bond acceptors (Lipinski definition) is 7. The van der Waals surface area contributed by atoms with Crippen LogP contribution in [0.25, 0.3) is 11.5 Å². The van der Waals surface area contributed by atoms with Crippen molar-refractivity contribution in [3.63, 3.8) is 0 Å². The minimum Gasteiger partial charge on any atom is -0.448 e. The van der Waals surface area contributed by atoms with Crippen LogP contribution in [0.1, 0.15) is 28.7 Å². The first-order valence-corrected chi connectivity index (χ1v) is 9.98. The number of aromatic nitrogens is 2. The molecule has 4 N–H and O–H groups in total. The Morgan fingerprint density at radius 3 is 2.32 bits per heavy atom. The number of thioether (sulfide) groups is 1.